The van der Waals surface area contributed by atoms with E-state index in [1.165, 1.54) is 12.8 Å². The molecule has 1 aliphatic rings. The van der Waals surface area contributed by atoms with E-state index < -0.39 is 0 Å². The predicted octanol–water partition coefficient (Wildman–Crippen LogP) is 3.10. The van der Waals surface area contributed by atoms with Crippen molar-refractivity contribution in [1.29, 1.82) is 0 Å². The summed E-state index contributed by atoms with van der Waals surface area (Å²) in [7, 11) is 0. The summed E-state index contributed by atoms with van der Waals surface area (Å²) in [4.78, 5) is 11.5. The molecule has 1 N–H and O–H groups in total. The van der Waals surface area contributed by atoms with Crippen LogP contribution in [-0.2, 0) is 10.2 Å². The number of aromatic nitrogens is 1. The van der Waals surface area contributed by atoms with Crippen molar-refractivity contribution in [2.45, 2.75) is 51.9 Å². The number of amides is 1. The predicted molar refractivity (Wildman–Crippen MR) is 65.8 cm³/mol. The zero-order chi connectivity index (χ0) is 12.5. The third-order valence-corrected chi connectivity index (χ3v) is 3.59. The van der Waals surface area contributed by atoms with Gasteiger partial charge < -0.3 is 9.84 Å². The monoisotopic (exact) mass is 236 g/mol. The highest BCUT2D eigenvalue weighted by molar-refractivity contribution is 5.91. The summed E-state index contributed by atoms with van der Waals surface area (Å²) >= 11 is 0. The van der Waals surface area contributed by atoms with Crippen LogP contribution in [0.2, 0.25) is 0 Å². The fraction of sp³-hybridized carbons (Fsp3) is 0.692. The number of anilines is 1. The molecule has 0 radical (unpaired) electrons. The summed E-state index contributed by atoms with van der Waals surface area (Å²) in [6.45, 7) is 5.91. The van der Waals surface area contributed by atoms with Crippen molar-refractivity contribution >= 4 is 11.7 Å². The molecule has 2 rings (SSSR count). The van der Waals surface area contributed by atoms with Gasteiger partial charge in [0, 0.05) is 17.4 Å². The lowest BCUT2D eigenvalue weighted by Gasteiger charge is -2.18. The maximum atomic E-state index is 11.5. The maximum Gasteiger partial charge on any atom is 0.228 e. The van der Waals surface area contributed by atoms with Gasteiger partial charge in [-0.05, 0) is 12.8 Å². The minimum atomic E-state index is -0.0442. The standard InChI is InChI=1S/C13H20N2O2/c1-9(2)12(16)14-11-8-10(17-15-11)13(3)6-4-5-7-13/h8-9H,4-7H2,1-3H3,(H,14,15,16). The van der Waals surface area contributed by atoms with Gasteiger partial charge in [0.25, 0.3) is 0 Å². The largest absolute Gasteiger partial charge is 0.359 e. The average Bonchev–Trinajstić information content (AvgIpc) is 2.88. The van der Waals surface area contributed by atoms with Crippen LogP contribution >= 0.6 is 0 Å². The Morgan fingerprint density at radius 3 is 2.71 bits per heavy atom. The maximum absolute atomic E-state index is 11.5. The van der Waals surface area contributed by atoms with Crippen molar-refractivity contribution in [3.05, 3.63) is 11.8 Å². The van der Waals surface area contributed by atoms with Gasteiger partial charge in [-0.15, -0.1) is 0 Å². The zero-order valence-corrected chi connectivity index (χ0v) is 10.7. The summed E-state index contributed by atoms with van der Waals surface area (Å²) in [5.74, 6) is 1.36. The molecule has 17 heavy (non-hydrogen) atoms. The Balaban J connectivity index is 2.08. The fourth-order valence-electron chi connectivity index (χ4n) is 2.29. The van der Waals surface area contributed by atoms with E-state index in [0.29, 0.717) is 5.82 Å². The van der Waals surface area contributed by atoms with Crippen LogP contribution in [0, 0.1) is 5.92 Å². The van der Waals surface area contributed by atoms with Crippen LogP contribution in [0.15, 0.2) is 10.6 Å². The van der Waals surface area contributed by atoms with Crippen molar-refractivity contribution in [1.82, 2.24) is 5.16 Å². The molecule has 4 nitrogen and oxygen atoms in total. The Morgan fingerprint density at radius 1 is 1.47 bits per heavy atom. The SMILES string of the molecule is CC(C)C(=O)Nc1cc(C2(C)CCCC2)on1. The molecule has 1 aliphatic carbocycles. The molecule has 0 spiro atoms. The van der Waals surface area contributed by atoms with Crippen LogP contribution in [0.3, 0.4) is 0 Å². The summed E-state index contributed by atoms with van der Waals surface area (Å²) in [6.07, 6.45) is 4.76. The fourth-order valence-corrected chi connectivity index (χ4v) is 2.29. The van der Waals surface area contributed by atoms with Gasteiger partial charge in [0.1, 0.15) is 5.76 Å². The average molecular weight is 236 g/mol. The van der Waals surface area contributed by atoms with E-state index in [2.05, 4.69) is 17.4 Å². The number of nitrogens with one attached hydrogen (secondary N) is 1. The number of rotatable bonds is 3. The van der Waals surface area contributed by atoms with Crippen LogP contribution in [0.1, 0.15) is 52.2 Å². The topological polar surface area (TPSA) is 55.1 Å². The van der Waals surface area contributed by atoms with Gasteiger partial charge in [-0.2, -0.15) is 0 Å². The normalized spacial score (nSPS) is 18.6. The van der Waals surface area contributed by atoms with E-state index in [0.717, 1.165) is 18.6 Å². The smallest absolute Gasteiger partial charge is 0.228 e. The summed E-state index contributed by atoms with van der Waals surface area (Å²) in [5, 5.41) is 6.68. The minimum Gasteiger partial charge on any atom is -0.359 e. The summed E-state index contributed by atoms with van der Waals surface area (Å²) < 4.78 is 5.37. The van der Waals surface area contributed by atoms with Crippen molar-refractivity contribution in [3.63, 3.8) is 0 Å². The number of carbonyl (C=O) groups excluding carboxylic acids is 1. The Bertz CT molecular complexity index is 403. The van der Waals surface area contributed by atoms with Gasteiger partial charge in [-0.3, -0.25) is 4.79 Å². The Morgan fingerprint density at radius 2 is 2.12 bits per heavy atom. The Hall–Kier alpha value is -1.32. The van der Waals surface area contributed by atoms with Crippen molar-refractivity contribution < 1.29 is 9.32 Å². The Kier molecular flexibility index (Phi) is 3.22. The lowest BCUT2D eigenvalue weighted by Crippen LogP contribution is -2.18. The summed E-state index contributed by atoms with van der Waals surface area (Å²) in [6, 6.07) is 1.87. The third-order valence-electron chi connectivity index (χ3n) is 3.59. The molecule has 0 saturated heterocycles. The second-order valence-electron chi connectivity index (χ2n) is 5.49. The first-order chi connectivity index (χ1) is 8.01. The number of hydrogen-bond donors (Lipinski definition) is 1. The molecule has 1 saturated carbocycles. The first-order valence-electron chi connectivity index (χ1n) is 6.29. The zero-order valence-electron chi connectivity index (χ0n) is 10.7. The van der Waals surface area contributed by atoms with Crippen LogP contribution in [0.4, 0.5) is 5.82 Å². The lowest BCUT2D eigenvalue weighted by molar-refractivity contribution is -0.118. The molecule has 94 valence electrons. The molecule has 0 aromatic carbocycles. The van der Waals surface area contributed by atoms with E-state index in [1.807, 2.05) is 19.9 Å². The molecular weight excluding hydrogens is 216 g/mol. The minimum absolute atomic E-state index is 0.0265. The number of hydrogen-bond acceptors (Lipinski definition) is 3. The molecule has 1 aromatic rings. The Labute approximate surface area is 102 Å². The van der Waals surface area contributed by atoms with Gasteiger partial charge in [-0.25, -0.2) is 0 Å². The van der Waals surface area contributed by atoms with Gasteiger partial charge >= 0.3 is 0 Å². The lowest BCUT2D eigenvalue weighted by atomic mass is 9.86. The second kappa shape index (κ2) is 4.51. The van der Waals surface area contributed by atoms with E-state index in [-0.39, 0.29) is 17.2 Å². The van der Waals surface area contributed by atoms with Crippen LogP contribution in [0.5, 0.6) is 0 Å². The molecule has 0 unspecified atom stereocenters. The molecule has 0 aliphatic heterocycles. The van der Waals surface area contributed by atoms with Crippen molar-refractivity contribution in [2.75, 3.05) is 5.32 Å². The number of carbonyl (C=O) groups is 1. The molecule has 0 atom stereocenters. The van der Waals surface area contributed by atoms with E-state index in [9.17, 15) is 4.79 Å². The highest BCUT2D eigenvalue weighted by Gasteiger charge is 2.34. The molecule has 1 fully saturated rings. The summed E-state index contributed by atoms with van der Waals surface area (Å²) in [5.41, 5.74) is 0.105. The van der Waals surface area contributed by atoms with Gasteiger partial charge in [0.05, 0.1) is 0 Å². The molecule has 1 heterocycles. The van der Waals surface area contributed by atoms with Gasteiger partial charge in [0.2, 0.25) is 5.91 Å². The first kappa shape index (κ1) is 12.1. The third kappa shape index (κ3) is 2.51. The molecule has 1 aromatic heterocycles. The number of nitrogens with zero attached hydrogens (tertiary/aromatic N) is 1. The van der Waals surface area contributed by atoms with Crippen LogP contribution < -0.4 is 5.32 Å². The highest BCUT2D eigenvalue weighted by Crippen LogP contribution is 2.41. The molecule has 0 bridgehead atoms. The van der Waals surface area contributed by atoms with Crippen molar-refractivity contribution in [2.24, 2.45) is 5.92 Å². The first-order valence-corrected chi connectivity index (χ1v) is 6.29. The van der Waals surface area contributed by atoms with Crippen LogP contribution in [-0.4, -0.2) is 11.1 Å². The molecular formula is C13H20N2O2. The second-order valence-corrected chi connectivity index (χ2v) is 5.49. The molecule has 1 amide bonds. The van der Waals surface area contributed by atoms with Gasteiger partial charge in [-0.1, -0.05) is 38.8 Å². The van der Waals surface area contributed by atoms with Crippen LogP contribution in [0.25, 0.3) is 0 Å². The van der Waals surface area contributed by atoms with E-state index >= 15 is 0 Å². The van der Waals surface area contributed by atoms with Crippen molar-refractivity contribution in [3.8, 4) is 0 Å². The molecule has 4 heteroatoms. The van der Waals surface area contributed by atoms with E-state index in [1.54, 1.807) is 0 Å². The highest BCUT2D eigenvalue weighted by atomic mass is 16.5. The quantitative estimate of drug-likeness (QED) is 0.877. The van der Waals surface area contributed by atoms with E-state index in [4.69, 9.17) is 4.52 Å². The van der Waals surface area contributed by atoms with Gasteiger partial charge in [0.15, 0.2) is 5.82 Å².